The molecule has 0 radical (unpaired) electrons. The number of esters is 1. The minimum atomic E-state index is -0.393. The molecule has 0 atom stereocenters. The highest BCUT2D eigenvalue weighted by Crippen LogP contribution is 2.26. The molecule has 0 saturated heterocycles. The Kier molecular flexibility index (Phi) is 10.2. The molecule has 0 saturated carbocycles. The van der Waals surface area contributed by atoms with Gasteiger partial charge in [0.1, 0.15) is 5.75 Å². The average Bonchev–Trinajstić information content (AvgIpc) is 2.89. The number of benzene rings is 3. The lowest BCUT2D eigenvalue weighted by molar-refractivity contribution is -0.142. The van der Waals surface area contributed by atoms with Crippen LogP contribution in [0.15, 0.2) is 90.1 Å². The smallest absolute Gasteiger partial charge is 0.343 e. The SMILES string of the molecule is CCCC(CCCc1cccc(OCC(=O)OC)c1)=NOC(c1ccccc1)c1ccccc1. The van der Waals surface area contributed by atoms with E-state index in [9.17, 15) is 4.79 Å². The molecule has 0 aliphatic carbocycles. The molecule has 0 bridgehead atoms. The Labute approximate surface area is 202 Å². The summed E-state index contributed by atoms with van der Waals surface area (Å²) in [6, 6.07) is 28.2. The van der Waals surface area contributed by atoms with E-state index in [1.54, 1.807) is 0 Å². The third-order valence-electron chi connectivity index (χ3n) is 5.44. The summed E-state index contributed by atoms with van der Waals surface area (Å²) >= 11 is 0. The summed E-state index contributed by atoms with van der Waals surface area (Å²) in [6.45, 7) is 2.07. The molecule has 0 spiro atoms. The Bertz CT molecular complexity index is 995. The van der Waals surface area contributed by atoms with E-state index in [0.717, 1.165) is 54.5 Å². The van der Waals surface area contributed by atoms with E-state index in [-0.39, 0.29) is 12.7 Å². The second kappa shape index (κ2) is 13.8. The van der Waals surface area contributed by atoms with Gasteiger partial charge in [-0.1, -0.05) is 91.3 Å². The quantitative estimate of drug-likeness (QED) is 0.166. The fourth-order valence-corrected chi connectivity index (χ4v) is 3.69. The molecular formula is C29H33NO4. The van der Waals surface area contributed by atoms with Gasteiger partial charge in [-0.15, -0.1) is 0 Å². The van der Waals surface area contributed by atoms with Crippen molar-refractivity contribution < 1.29 is 19.1 Å². The van der Waals surface area contributed by atoms with Gasteiger partial charge in [0.15, 0.2) is 12.7 Å². The van der Waals surface area contributed by atoms with Crippen LogP contribution >= 0.6 is 0 Å². The molecule has 0 aliphatic heterocycles. The summed E-state index contributed by atoms with van der Waals surface area (Å²) < 4.78 is 10.1. The zero-order valence-electron chi connectivity index (χ0n) is 20.0. The molecule has 0 N–H and O–H groups in total. The van der Waals surface area contributed by atoms with Crippen molar-refractivity contribution in [2.45, 2.75) is 45.1 Å². The molecule has 0 unspecified atom stereocenters. The number of carbonyl (C=O) groups excluding carboxylic acids is 1. The van der Waals surface area contributed by atoms with E-state index in [4.69, 9.17) is 9.57 Å². The topological polar surface area (TPSA) is 57.1 Å². The second-order valence-electron chi connectivity index (χ2n) is 8.08. The van der Waals surface area contributed by atoms with Gasteiger partial charge in [0, 0.05) is 0 Å². The number of ether oxygens (including phenoxy) is 2. The van der Waals surface area contributed by atoms with Crippen molar-refractivity contribution in [3.8, 4) is 5.75 Å². The van der Waals surface area contributed by atoms with Gasteiger partial charge >= 0.3 is 5.97 Å². The molecule has 178 valence electrons. The Balaban J connectivity index is 1.62. The van der Waals surface area contributed by atoms with Crippen molar-refractivity contribution in [3.63, 3.8) is 0 Å². The monoisotopic (exact) mass is 459 g/mol. The largest absolute Gasteiger partial charge is 0.482 e. The number of nitrogens with zero attached hydrogens (tertiary/aromatic N) is 1. The fourth-order valence-electron chi connectivity index (χ4n) is 3.69. The van der Waals surface area contributed by atoms with Gasteiger partial charge in [-0.2, -0.15) is 0 Å². The molecule has 5 nitrogen and oxygen atoms in total. The summed E-state index contributed by atoms with van der Waals surface area (Å²) in [5.41, 5.74) is 4.39. The number of methoxy groups -OCH3 is 1. The maximum absolute atomic E-state index is 11.3. The number of carbonyl (C=O) groups is 1. The summed E-state index contributed by atoms with van der Waals surface area (Å²) in [4.78, 5) is 17.4. The molecular weight excluding hydrogens is 426 g/mol. The van der Waals surface area contributed by atoms with Crippen molar-refractivity contribution in [1.82, 2.24) is 0 Å². The highest BCUT2D eigenvalue weighted by molar-refractivity contribution is 5.83. The molecule has 34 heavy (non-hydrogen) atoms. The minimum absolute atomic E-state index is 0.0887. The average molecular weight is 460 g/mol. The lowest BCUT2D eigenvalue weighted by atomic mass is 10.0. The molecule has 0 aromatic heterocycles. The van der Waals surface area contributed by atoms with E-state index < -0.39 is 5.97 Å². The van der Waals surface area contributed by atoms with Crippen LogP contribution < -0.4 is 4.74 Å². The normalized spacial score (nSPS) is 11.3. The minimum Gasteiger partial charge on any atom is -0.482 e. The molecule has 0 heterocycles. The molecule has 5 heteroatoms. The third kappa shape index (κ3) is 8.07. The Morgan fingerprint density at radius 1 is 0.882 bits per heavy atom. The van der Waals surface area contributed by atoms with Crippen LogP contribution in [0.1, 0.15) is 55.4 Å². The summed E-state index contributed by atoms with van der Waals surface area (Å²) in [7, 11) is 1.35. The zero-order chi connectivity index (χ0) is 24.0. The van der Waals surface area contributed by atoms with Crippen molar-refractivity contribution >= 4 is 11.7 Å². The summed E-state index contributed by atoms with van der Waals surface area (Å²) in [5.74, 6) is 0.275. The van der Waals surface area contributed by atoms with Gasteiger partial charge in [-0.3, -0.25) is 0 Å². The number of aryl methyl sites for hydroxylation is 1. The van der Waals surface area contributed by atoms with Crippen LogP contribution in [0.25, 0.3) is 0 Å². The lowest BCUT2D eigenvalue weighted by Crippen LogP contribution is -2.12. The number of hydrogen-bond donors (Lipinski definition) is 0. The van der Waals surface area contributed by atoms with Crippen molar-refractivity contribution in [1.29, 1.82) is 0 Å². The number of rotatable bonds is 13. The van der Waals surface area contributed by atoms with E-state index in [1.165, 1.54) is 7.11 Å². The maximum atomic E-state index is 11.3. The first-order valence-corrected chi connectivity index (χ1v) is 11.8. The van der Waals surface area contributed by atoms with Gasteiger partial charge in [0.25, 0.3) is 0 Å². The van der Waals surface area contributed by atoms with Crippen molar-refractivity contribution in [2.75, 3.05) is 13.7 Å². The van der Waals surface area contributed by atoms with Crippen LogP contribution in [0.4, 0.5) is 0 Å². The van der Waals surface area contributed by atoms with E-state index in [1.807, 2.05) is 54.6 Å². The first-order valence-electron chi connectivity index (χ1n) is 11.8. The predicted octanol–water partition coefficient (Wildman–Crippen LogP) is 6.52. The van der Waals surface area contributed by atoms with Gasteiger partial charge in [0.05, 0.1) is 12.8 Å². The molecule has 0 fully saturated rings. The first-order chi connectivity index (χ1) is 16.7. The molecule has 3 aromatic carbocycles. The van der Waals surface area contributed by atoms with Crippen LogP contribution in [0, 0.1) is 0 Å². The Hall–Kier alpha value is -3.60. The van der Waals surface area contributed by atoms with Crippen LogP contribution in [0.2, 0.25) is 0 Å². The van der Waals surface area contributed by atoms with E-state index in [2.05, 4.69) is 47.1 Å². The Morgan fingerprint density at radius 3 is 2.18 bits per heavy atom. The van der Waals surface area contributed by atoms with Gasteiger partial charge < -0.3 is 14.3 Å². The summed E-state index contributed by atoms with van der Waals surface area (Å²) in [6.07, 6.45) is 4.37. The molecule has 3 rings (SSSR count). The van der Waals surface area contributed by atoms with Crippen molar-refractivity contribution in [3.05, 3.63) is 102 Å². The van der Waals surface area contributed by atoms with Crippen LogP contribution in [0.5, 0.6) is 5.75 Å². The standard InChI is InChI=1S/C29H33NO4/c1-3-12-26(19-10-13-23-14-11-20-27(21-23)33-22-28(31)32-2)30-34-29(24-15-6-4-7-16-24)25-17-8-5-9-18-25/h4-9,11,14-18,20-21,29H,3,10,12-13,19,22H2,1-2H3. The van der Waals surface area contributed by atoms with Gasteiger partial charge in [0.2, 0.25) is 0 Å². The first kappa shape index (κ1) is 25.0. The number of oxime groups is 1. The summed E-state index contributed by atoms with van der Waals surface area (Å²) in [5, 5.41) is 4.61. The highest BCUT2D eigenvalue weighted by atomic mass is 16.6. The van der Waals surface area contributed by atoms with E-state index in [0.29, 0.717) is 5.75 Å². The van der Waals surface area contributed by atoms with E-state index >= 15 is 0 Å². The van der Waals surface area contributed by atoms with Gasteiger partial charge in [-0.05, 0) is 54.5 Å². The maximum Gasteiger partial charge on any atom is 0.343 e. The van der Waals surface area contributed by atoms with Crippen LogP contribution in [-0.4, -0.2) is 25.4 Å². The zero-order valence-corrected chi connectivity index (χ0v) is 20.0. The van der Waals surface area contributed by atoms with Gasteiger partial charge in [-0.25, -0.2) is 4.79 Å². The molecule has 0 aliphatic rings. The van der Waals surface area contributed by atoms with Crippen LogP contribution in [0.3, 0.4) is 0 Å². The van der Waals surface area contributed by atoms with Crippen molar-refractivity contribution in [2.24, 2.45) is 5.16 Å². The highest BCUT2D eigenvalue weighted by Gasteiger charge is 2.15. The predicted molar refractivity (Wildman–Crippen MR) is 135 cm³/mol. The second-order valence-corrected chi connectivity index (χ2v) is 8.08. The molecule has 3 aromatic rings. The lowest BCUT2D eigenvalue weighted by Gasteiger charge is -2.17. The Morgan fingerprint density at radius 2 is 1.56 bits per heavy atom. The van der Waals surface area contributed by atoms with Crippen LogP contribution in [-0.2, 0) is 20.8 Å². The third-order valence-corrected chi connectivity index (χ3v) is 5.44. The number of hydrogen-bond acceptors (Lipinski definition) is 5. The molecule has 0 amide bonds. The fraction of sp³-hybridized carbons (Fsp3) is 0.310.